The predicted octanol–water partition coefficient (Wildman–Crippen LogP) is 3.37. The minimum atomic E-state index is -0.318. The number of benzene rings is 1. The number of nitrogens with one attached hydrogen (secondary N) is 1. The van der Waals surface area contributed by atoms with E-state index in [1.54, 1.807) is 24.4 Å². The van der Waals surface area contributed by atoms with Gasteiger partial charge in [0.25, 0.3) is 5.91 Å². The SMILES string of the molecule is O=C(Nc1ccc2cccnc2n1)c1ccc(Br)c2c1OCO2. The van der Waals surface area contributed by atoms with Crippen LogP contribution in [-0.2, 0) is 0 Å². The van der Waals surface area contributed by atoms with Gasteiger partial charge in [0.05, 0.1) is 10.0 Å². The van der Waals surface area contributed by atoms with E-state index in [4.69, 9.17) is 9.47 Å². The second kappa shape index (κ2) is 5.51. The molecule has 2 aromatic heterocycles. The Hall–Kier alpha value is -2.67. The highest BCUT2D eigenvalue weighted by Gasteiger charge is 2.24. The van der Waals surface area contributed by atoms with Gasteiger partial charge >= 0.3 is 0 Å². The predicted molar refractivity (Wildman–Crippen MR) is 87.8 cm³/mol. The van der Waals surface area contributed by atoms with Crippen LogP contribution in [0.1, 0.15) is 10.4 Å². The molecular formula is C16H10BrN3O3. The molecule has 23 heavy (non-hydrogen) atoms. The Labute approximate surface area is 139 Å². The number of rotatable bonds is 2. The van der Waals surface area contributed by atoms with Crippen molar-refractivity contribution in [3.63, 3.8) is 0 Å². The summed E-state index contributed by atoms with van der Waals surface area (Å²) in [5.74, 6) is 1.07. The number of carbonyl (C=O) groups is 1. The van der Waals surface area contributed by atoms with Crippen molar-refractivity contribution in [1.82, 2.24) is 9.97 Å². The van der Waals surface area contributed by atoms with Crippen LogP contribution >= 0.6 is 15.9 Å². The molecule has 1 aromatic carbocycles. The maximum Gasteiger partial charge on any atom is 0.260 e. The van der Waals surface area contributed by atoms with Gasteiger partial charge in [-0.2, -0.15) is 0 Å². The van der Waals surface area contributed by atoms with E-state index < -0.39 is 0 Å². The first-order valence-electron chi connectivity index (χ1n) is 6.83. The number of fused-ring (bicyclic) bond motifs is 2. The number of anilines is 1. The first-order valence-corrected chi connectivity index (χ1v) is 7.63. The molecule has 0 unspecified atom stereocenters. The number of hydrogen-bond donors (Lipinski definition) is 1. The van der Waals surface area contributed by atoms with Crippen LogP contribution in [0.5, 0.6) is 11.5 Å². The smallest absolute Gasteiger partial charge is 0.260 e. The zero-order chi connectivity index (χ0) is 15.8. The fourth-order valence-corrected chi connectivity index (χ4v) is 2.78. The summed E-state index contributed by atoms with van der Waals surface area (Å²) >= 11 is 3.37. The highest BCUT2D eigenvalue weighted by molar-refractivity contribution is 9.10. The number of aromatic nitrogens is 2. The Bertz CT molecular complexity index is 930. The van der Waals surface area contributed by atoms with Crippen molar-refractivity contribution in [2.75, 3.05) is 12.1 Å². The molecule has 0 bridgehead atoms. The lowest BCUT2D eigenvalue weighted by molar-refractivity contribution is 0.102. The Kier molecular flexibility index (Phi) is 3.34. The summed E-state index contributed by atoms with van der Waals surface area (Å²) in [5.41, 5.74) is 0.967. The van der Waals surface area contributed by atoms with Crippen molar-refractivity contribution in [2.45, 2.75) is 0 Å². The van der Waals surface area contributed by atoms with Crippen molar-refractivity contribution >= 4 is 38.7 Å². The monoisotopic (exact) mass is 371 g/mol. The van der Waals surface area contributed by atoms with Crippen LogP contribution in [0.2, 0.25) is 0 Å². The van der Waals surface area contributed by atoms with Gasteiger partial charge < -0.3 is 14.8 Å². The van der Waals surface area contributed by atoms with Crippen LogP contribution in [-0.4, -0.2) is 22.7 Å². The number of ether oxygens (including phenoxy) is 2. The second-order valence-electron chi connectivity index (χ2n) is 4.86. The summed E-state index contributed by atoms with van der Waals surface area (Å²) in [6, 6.07) is 10.8. The van der Waals surface area contributed by atoms with E-state index in [1.807, 2.05) is 18.2 Å². The molecule has 0 spiro atoms. The van der Waals surface area contributed by atoms with E-state index in [0.717, 1.165) is 9.86 Å². The van der Waals surface area contributed by atoms with E-state index in [1.165, 1.54) is 0 Å². The number of amides is 1. The lowest BCUT2D eigenvalue weighted by Gasteiger charge is -2.08. The number of carbonyl (C=O) groups excluding carboxylic acids is 1. The van der Waals surface area contributed by atoms with Crippen LogP contribution in [0.25, 0.3) is 11.0 Å². The largest absolute Gasteiger partial charge is 0.453 e. The first kappa shape index (κ1) is 14.0. The average molecular weight is 372 g/mol. The average Bonchev–Trinajstić information content (AvgIpc) is 3.05. The third-order valence-corrected chi connectivity index (χ3v) is 4.05. The van der Waals surface area contributed by atoms with Gasteiger partial charge in [-0.3, -0.25) is 4.79 Å². The number of halogens is 1. The van der Waals surface area contributed by atoms with Crippen LogP contribution in [0.3, 0.4) is 0 Å². The van der Waals surface area contributed by atoms with Gasteiger partial charge in [0.2, 0.25) is 6.79 Å². The fourth-order valence-electron chi connectivity index (χ4n) is 2.35. The summed E-state index contributed by atoms with van der Waals surface area (Å²) in [6.45, 7) is 0.0936. The molecular weight excluding hydrogens is 362 g/mol. The topological polar surface area (TPSA) is 73.3 Å². The molecule has 0 fully saturated rings. The molecule has 1 N–H and O–H groups in total. The van der Waals surface area contributed by atoms with E-state index in [0.29, 0.717) is 28.5 Å². The normalized spacial score (nSPS) is 12.4. The molecule has 4 rings (SSSR count). The van der Waals surface area contributed by atoms with E-state index in [-0.39, 0.29) is 12.7 Å². The van der Waals surface area contributed by atoms with E-state index in [9.17, 15) is 4.79 Å². The second-order valence-corrected chi connectivity index (χ2v) is 5.71. The summed E-state index contributed by atoms with van der Waals surface area (Å²) in [5, 5.41) is 3.67. The molecule has 1 aliphatic heterocycles. The molecule has 6 nitrogen and oxygen atoms in total. The third-order valence-electron chi connectivity index (χ3n) is 3.42. The van der Waals surface area contributed by atoms with Gasteiger partial charge in [0, 0.05) is 11.6 Å². The fraction of sp³-hybridized carbons (Fsp3) is 0.0625. The van der Waals surface area contributed by atoms with Gasteiger partial charge in [0.1, 0.15) is 5.82 Å². The molecule has 0 radical (unpaired) electrons. The van der Waals surface area contributed by atoms with E-state index in [2.05, 4.69) is 31.2 Å². The zero-order valence-corrected chi connectivity index (χ0v) is 13.3. The number of nitrogens with zero attached hydrogens (tertiary/aromatic N) is 2. The Morgan fingerprint density at radius 3 is 2.91 bits per heavy atom. The van der Waals surface area contributed by atoms with Crippen LogP contribution in [0.15, 0.2) is 47.1 Å². The van der Waals surface area contributed by atoms with Gasteiger partial charge in [-0.1, -0.05) is 0 Å². The summed E-state index contributed by atoms with van der Waals surface area (Å²) < 4.78 is 11.5. The maximum absolute atomic E-state index is 12.5. The van der Waals surface area contributed by atoms with Crippen molar-refractivity contribution in [3.05, 3.63) is 52.6 Å². The lowest BCUT2D eigenvalue weighted by atomic mass is 10.1. The molecule has 7 heteroatoms. The van der Waals surface area contributed by atoms with Crippen molar-refractivity contribution < 1.29 is 14.3 Å². The van der Waals surface area contributed by atoms with E-state index >= 15 is 0 Å². The summed E-state index contributed by atoms with van der Waals surface area (Å²) in [4.78, 5) is 21.0. The Balaban J connectivity index is 1.66. The first-order chi connectivity index (χ1) is 11.2. The minimum Gasteiger partial charge on any atom is -0.453 e. The van der Waals surface area contributed by atoms with Crippen LogP contribution < -0.4 is 14.8 Å². The lowest BCUT2D eigenvalue weighted by Crippen LogP contribution is -2.13. The third kappa shape index (κ3) is 2.49. The van der Waals surface area contributed by atoms with Gasteiger partial charge in [0.15, 0.2) is 17.1 Å². The number of hydrogen-bond acceptors (Lipinski definition) is 5. The Morgan fingerprint density at radius 1 is 1.13 bits per heavy atom. The maximum atomic E-state index is 12.5. The molecule has 3 heterocycles. The molecule has 114 valence electrons. The summed E-state index contributed by atoms with van der Waals surface area (Å²) in [7, 11) is 0. The van der Waals surface area contributed by atoms with Gasteiger partial charge in [-0.25, -0.2) is 9.97 Å². The minimum absolute atomic E-state index is 0.0936. The molecule has 3 aromatic rings. The van der Waals surface area contributed by atoms with Crippen LogP contribution in [0, 0.1) is 0 Å². The van der Waals surface area contributed by atoms with Crippen molar-refractivity contribution in [1.29, 1.82) is 0 Å². The van der Waals surface area contributed by atoms with Crippen molar-refractivity contribution in [2.24, 2.45) is 0 Å². The highest BCUT2D eigenvalue weighted by Crippen LogP contribution is 2.41. The zero-order valence-electron chi connectivity index (χ0n) is 11.7. The molecule has 1 aliphatic rings. The van der Waals surface area contributed by atoms with Crippen LogP contribution in [0.4, 0.5) is 5.82 Å². The molecule has 0 atom stereocenters. The molecule has 0 aliphatic carbocycles. The summed E-state index contributed by atoms with van der Waals surface area (Å²) in [6.07, 6.45) is 1.66. The van der Waals surface area contributed by atoms with Gasteiger partial charge in [-0.15, -0.1) is 0 Å². The van der Waals surface area contributed by atoms with Crippen molar-refractivity contribution in [3.8, 4) is 11.5 Å². The molecule has 0 saturated carbocycles. The quantitative estimate of drug-likeness (QED) is 0.747. The Morgan fingerprint density at radius 2 is 2.00 bits per heavy atom. The molecule has 1 amide bonds. The highest BCUT2D eigenvalue weighted by atomic mass is 79.9. The molecule has 0 saturated heterocycles. The van der Waals surface area contributed by atoms with Gasteiger partial charge in [-0.05, 0) is 52.3 Å². The standard InChI is InChI=1S/C16H10BrN3O3/c17-11-5-4-10(13-14(11)23-8-22-13)16(21)20-12-6-3-9-2-1-7-18-15(9)19-12/h1-7H,8H2,(H,18,19,20,21). The number of pyridine rings is 2.